The molecule has 2 unspecified atom stereocenters. The molecule has 6 heteroatoms. The van der Waals surface area contributed by atoms with E-state index >= 15 is 0 Å². The summed E-state index contributed by atoms with van der Waals surface area (Å²) in [6, 6.07) is 9.25. The van der Waals surface area contributed by atoms with E-state index in [0.717, 1.165) is 45.2 Å². The number of rotatable bonds is 6. The molecular formula is C20H36IN5. The van der Waals surface area contributed by atoms with Crippen LogP contribution in [0.15, 0.2) is 29.3 Å². The summed E-state index contributed by atoms with van der Waals surface area (Å²) < 4.78 is 0. The zero-order chi connectivity index (χ0) is 18.2. The van der Waals surface area contributed by atoms with Gasteiger partial charge in [-0.25, -0.2) is 0 Å². The van der Waals surface area contributed by atoms with Crippen molar-refractivity contribution in [1.82, 2.24) is 20.4 Å². The van der Waals surface area contributed by atoms with Crippen LogP contribution in [0.1, 0.15) is 30.9 Å². The first-order valence-electron chi connectivity index (χ1n) is 9.43. The number of piperazine rings is 1. The van der Waals surface area contributed by atoms with Crippen LogP contribution in [0, 0.1) is 6.92 Å². The van der Waals surface area contributed by atoms with Crippen molar-refractivity contribution in [2.45, 2.75) is 32.7 Å². The molecule has 1 aromatic carbocycles. The molecule has 2 rings (SSSR count). The SMILES string of the molecule is CN=C(NCC(C)c1cccc(C)c1)NCC(C)N1CCN(C)CC1.I. The lowest BCUT2D eigenvalue weighted by Gasteiger charge is -2.36. The van der Waals surface area contributed by atoms with Crippen molar-refractivity contribution in [3.8, 4) is 0 Å². The Hall–Kier alpha value is -0.860. The van der Waals surface area contributed by atoms with E-state index in [2.05, 4.69) is 77.5 Å². The minimum absolute atomic E-state index is 0. The summed E-state index contributed by atoms with van der Waals surface area (Å²) in [4.78, 5) is 9.31. The molecule has 0 saturated carbocycles. The summed E-state index contributed by atoms with van der Waals surface area (Å²) in [5, 5.41) is 6.94. The van der Waals surface area contributed by atoms with Gasteiger partial charge in [0.1, 0.15) is 0 Å². The molecule has 26 heavy (non-hydrogen) atoms. The smallest absolute Gasteiger partial charge is 0.191 e. The van der Waals surface area contributed by atoms with Crippen LogP contribution in [0.2, 0.25) is 0 Å². The first kappa shape index (κ1) is 23.2. The van der Waals surface area contributed by atoms with Crippen molar-refractivity contribution >= 4 is 29.9 Å². The largest absolute Gasteiger partial charge is 0.356 e. The first-order chi connectivity index (χ1) is 12.0. The molecule has 1 aliphatic rings. The van der Waals surface area contributed by atoms with Crippen LogP contribution in [0.5, 0.6) is 0 Å². The van der Waals surface area contributed by atoms with Crippen molar-refractivity contribution in [3.63, 3.8) is 0 Å². The van der Waals surface area contributed by atoms with Crippen LogP contribution in [-0.4, -0.2) is 75.2 Å². The number of guanidine groups is 1. The van der Waals surface area contributed by atoms with Gasteiger partial charge in [0.2, 0.25) is 0 Å². The van der Waals surface area contributed by atoms with Crippen molar-refractivity contribution < 1.29 is 0 Å². The van der Waals surface area contributed by atoms with Gasteiger partial charge in [-0.15, -0.1) is 24.0 Å². The lowest BCUT2D eigenvalue weighted by Crippen LogP contribution is -2.52. The minimum Gasteiger partial charge on any atom is -0.356 e. The molecule has 1 heterocycles. The maximum absolute atomic E-state index is 4.37. The molecule has 1 aliphatic heterocycles. The number of halogens is 1. The lowest BCUT2D eigenvalue weighted by molar-refractivity contribution is 0.120. The molecule has 1 saturated heterocycles. The fourth-order valence-corrected chi connectivity index (χ4v) is 3.20. The molecular weight excluding hydrogens is 437 g/mol. The summed E-state index contributed by atoms with van der Waals surface area (Å²) in [6.07, 6.45) is 0. The lowest BCUT2D eigenvalue weighted by atomic mass is 9.99. The Labute approximate surface area is 176 Å². The molecule has 1 fully saturated rings. The van der Waals surface area contributed by atoms with Crippen LogP contribution < -0.4 is 10.6 Å². The number of hydrogen-bond acceptors (Lipinski definition) is 3. The Balaban J connectivity index is 0.00000338. The van der Waals surface area contributed by atoms with E-state index in [9.17, 15) is 0 Å². The number of aliphatic imine (C=N–C) groups is 1. The van der Waals surface area contributed by atoms with Gasteiger partial charge in [-0.3, -0.25) is 9.89 Å². The van der Waals surface area contributed by atoms with Gasteiger partial charge in [-0.2, -0.15) is 0 Å². The molecule has 0 spiro atoms. The van der Waals surface area contributed by atoms with E-state index < -0.39 is 0 Å². The predicted molar refractivity (Wildman–Crippen MR) is 123 cm³/mol. The van der Waals surface area contributed by atoms with Gasteiger partial charge in [0.15, 0.2) is 5.96 Å². The monoisotopic (exact) mass is 473 g/mol. The van der Waals surface area contributed by atoms with Gasteiger partial charge in [0.05, 0.1) is 0 Å². The first-order valence-corrected chi connectivity index (χ1v) is 9.43. The van der Waals surface area contributed by atoms with Crippen molar-refractivity contribution in [2.24, 2.45) is 4.99 Å². The van der Waals surface area contributed by atoms with E-state index in [0.29, 0.717) is 12.0 Å². The number of hydrogen-bond donors (Lipinski definition) is 2. The minimum atomic E-state index is 0. The second-order valence-electron chi connectivity index (χ2n) is 7.34. The molecule has 0 radical (unpaired) electrons. The van der Waals surface area contributed by atoms with Gasteiger partial charge >= 0.3 is 0 Å². The fraction of sp³-hybridized carbons (Fsp3) is 0.650. The van der Waals surface area contributed by atoms with Crippen molar-refractivity contribution in [1.29, 1.82) is 0 Å². The molecule has 0 aromatic heterocycles. The van der Waals surface area contributed by atoms with Crippen LogP contribution >= 0.6 is 24.0 Å². The number of nitrogens with zero attached hydrogens (tertiary/aromatic N) is 3. The highest BCUT2D eigenvalue weighted by molar-refractivity contribution is 14.0. The van der Waals surface area contributed by atoms with E-state index in [1.807, 2.05) is 7.05 Å². The van der Waals surface area contributed by atoms with Crippen molar-refractivity contribution in [3.05, 3.63) is 35.4 Å². The van der Waals surface area contributed by atoms with E-state index in [4.69, 9.17) is 0 Å². The summed E-state index contributed by atoms with van der Waals surface area (Å²) >= 11 is 0. The summed E-state index contributed by atoms with van der Waals surface area (Å²) in [6.45, 7) is 13.1. The second kappa shape index (κ2) is 11.8. The van der Waals surface area contributed by atoms with E-state index in [1.54, 1.807) is 0 Å². The Kier molecular flexibility index (Phi) is 10.5. The highest BCUT2D eigenvalue weighted by Gasteiger charge is 2.19. The summed E-state index contributed by atoms with van der Waals surface area (Å²) in [7, 11) is 4.04. The van der Waals surface area contributed by atoms with E-state index in [1.165, 1.54) is 11.1 Å². The second-order valence-corrected chi connectivity index (χ2v) is 7.34. The van der Waals surface area contributed by atoms with Crippen LogP contribution in [-0.2, 0) is 0 Å². The Morgan fingerprint density at radius 2 is 1.77 bits per heavy atom. The zero-order valence-electron chi connectivity index (χ0n) is 17.0. The molecule has 2 atom stereocenters. The van der Waals surface area contributed by atoms with Crippen LogP contribution in [0.25, 0.3) is 0 Å². The Bertz CT molecular complexity index is 555. The predicted octanol–water partition coefficient (Wildman–Crippen LogP) is 2.52. The van der Waals surface area contributed by atoms with Crippen LogP contribution in [0.3, 0.4) is 0 Å². The van der Waals surface area contributed by atoms with Crippen LogP contribution in [0.4, 0.5) is 0 Å². The third kappa shape index (κ3) is 7.40. The molecule has 2 N–H and O–H groups in total. The van der Waals surface area contributed by atoms with E-state index in [-0.39, 0.29) is 24.0 Å². The number of nitrogens with one attached hydrogen (secondary N) is 2. The molecule has 1 aromatic rings. The molecule has 0 amide bonds. The van der Waals surface area contributed by atoms with Gasteiger partial charge in [0, 0.05) is 52.4 Å². The quantitative estimate of drug-likeness (QED) is 0.379. The molecule has 0 aliphatic carbocycles. The van der Waals surface area contributed by atoms with Gasteiger partial charge in [-0.1, -0.05) is 36.8 Å². The maximum Gasteiger partial charge on any atom is 0.191 e. The van der Waals surface area contributed by atoms with Gasteiger partial charge < -0.3 is 15.5 Å². The topological polar surface area (TPSA) is 42.9 Å². The highest BCUT2D eigenvalue weighted by Crippen LogP contribution is 2.15. The Morgan fingerprint density at radius 3 is 2.38 bits per heavy atom. The molecule has 148 valence electrons. The van der Waals surface area contributed by atoms with Gasteiger partial charge in [0.25, 0.3) is 0 Å². The molecule has 0 bridgehead atoms. The van der Waals surface area contributed by atoms with Gasteiger partial charge in [-0.05, 0) is 32.4 Å². The third-order valence-electron chi connectivity index (χ3n) is 5.14. The third-order valence-corrected chi connectivity index (χ3v) is 5.14. The number of aryl methyl sites for hydroxylation is 1. The Morgan fingerprint density at radius 1 is 1.12 bits per heavy atom. The van der Waals surface area contributed by atoms with Crippen molar-refractivity contribution in [2.75, 3.05) is 53.4 Å². The average Bonchev–Trinajstić information content (AvgIpc) is 2.62. The standard InChI is InChI=1S/C20H35N5.HI/c1-16-7-6-8-19(13-16)17(2)14-22-20(21-4)23-15-18(3)25-11-9-24(5)10-12-25;/h6-8,13,17-18H,9-12,14-15H2,1-5H3,(H2,21,22,23);1H. The fourth-order valence-electron chi connectivity index (χ4n) is 3.20. The normalized spacial score (nSPS) is 18.7. The summed E-state index contributed by atoms with van der Waals surface area (Å²) in [5.41, 5.74) is 2.68. The number of likely N-dealkylation sites (N-methyl/N-ethyl adjacent to an activating group) is 1. The average molecular weight is 473 g/mol. The maximum atomic E-state index is 4.37. The zero-order valence-corrected chi connectivity index (χ0v) is 19.3. The number of benzene rings is 1. The summed E-state index contributed by atoms with van der Waals surface area (Å²) in [5.74, 6) is 1.34. The highest BCUT2D eigenvalue weighted by atomic mass is 127. The molecule has 5 nitrogen and oxygen atoms in total.